The summed E-state index contributed by atoms with van der Waals surface area (Å²) in [4.78, 5) is 38.8. The molecular weight excluding hydrogens is 386 g/mol. The number of hydrogen-bond donors (Lipinski definition) is 0. The van der Waals surface area contributed by atoms with E-state index in [0.29, 0.717) is 17.7 Å². The zero-order valence-corrected chi connectivity index (χ0v) is 17.0. The second kappa shape index (κ2) is 6.73. The van der Waals surface area contributed by atoms with Crippen molar-refractivity contribution in [3.8, 4) is 11.1 Å². The molecule has 0 spiro atoms. The van der Waals surface area contributed by atoms with E-state index in [1.165, 1.54) is 11.1 Å². The van der Waals surface area contributed by atoms with Crippen LogP contribution >= 0.6 is 11.8 Å². The lowest BCUT2D eigenvalue weighted by atomic mass is 10.0. The monoisotopic (exact) mass is 407 g/mol. The molecule has 1 aliphatic carbocycles. The van der Waals surface area contributed by atoms with Gasteiger partial charge in [0.2, 0.25) is 5.91 Å². The van der Waals surface area contributed by atoms with Gasteiger partial charge in [-0.15, -0.1) is 11.8 Å². The average Bonchev–Trinajstić information content (AvgIpc) is 3.36. The molecule has 0 N–H and O–H groups in total. The van der Waals surface area contributed by atoms with Crippen molar-refractivity contribution < 1.29 is 19.1 Å². The van der Waals surface area contributed by atoms with E-state index in [1.807, 2.05) is 31.2 Å². The largest absolute Gasteiger partial charge is 0.456 e. The molecule has 2 saturated heterocycles. The topological polar surface area (TPSA) is 63.7 Å². The molecule has 2 heterocycles. The molecule has 0 radical (unpaired) electrons. The van der Waals surface area contributed by atoms with Crippen LogP contribution in [0.2, 0.25) is 0 Å². The maximum absolute atomic E-state index is 12.7. The minimum atomic E-state index is -0.598. The highest BCUT2D eigenvalue weighted by atomic mass is 32.2. The summed E-state index contributed by atoms with van der Waals surface area (Å²) in [5, 5.41) is 0. The summed E-state index contributed by atoms with van der Waals surface area (Å²) in [5.74, 6) is -0.212. The highest BCUT2D eigenvalue weighted by molar-refractivity contribution is 8.01. The number of fused-ring (bicyclic) bond motifs is 4. The average molecular weight is 407 g/mol. The van der Waals surface area contributed by atoms with Crippen LogP contribution in [0.5, 0.6) is 0 Å². The number of amides is 1. The van der Waals surface area contributed by atoms with Crippen molar-refractivity contribution in [1.82, 2.24) is 4.90 Å². The quantitative estimate of drug-likeness (QED) is 0.490. The molecule has 5 nitrogen and oxygen atoms in total. The van der Waals surface area contributed by atoms with Crippen molar-refractivity contribution in [2.75, 3.05) is 12.4 Å². The van der Waals surface area contributed by atoms with E-state index >= 15 is 0 Å². The molecular formula is C23H21NO4S. The van der Waals surface area contributed by atoms with Crippen molar-refractivity contribution in [1.29, 1.82) is 0 Å². The number of rotatable bonds is 4. The van der Waals surface area contributed by atoms with Crippen molar-refractivity contribution in [2.24, 2.45) is 0 Å². The molecule has 2 aromatic carbocycles. The van der Waals surface area contributed by atoms with Crippen LogP contribution in [-0.4, -0.2) is 45.8 Å². The molecule has 0 aromatic heterocycles. The van der Waals surface area contributed by atoms with Gasteiger partial charge in [-0.3, -0.25) is 9.59 Å². The maximum Gasteiger partial charge on any atom is 0.330 e. The summed E-state index contributed by atoms with van der Waals surface area (Å²) < 4.78 is 5.34. The summed E-state index contributed by atoms with van der Waals surface area (Å²) in [6.07, 6.45) is 2.08. The first-order chi connectivity index (χ1) is 14.0. The van der Waals surface area contributed by atoms with E-state index in [4.69, 9.17) is 4.74 Å². The van der Waals surface area contributed by atoms with Crippen LogP contribution in [0.1, 0.15) is 41.3 Å². The molecule has 5 rings (SSSR count). The molecule has 6 heteroatoms. The summed E-state index contributed by atoms with van der Waals surface area (Å²) >= 11 is 1.61. The number of hydrogen-bond acceptors (Lipinski definition) is 5. The minimum absolute atomic E-state index is 0.0111. The number of thioether (sulfide) groups is 1. The minimum Gasteiger partial charge on any atom is -0.456 e. The van der Waals surface area contributed by atoms with E-state index in [9.17, 15) is 14.4 Å². The van der Waals surface area contributed by atoms with Gasteiger partial charge in [0, 0.05) is 17.7 Å². The third kappa shape index (κ3) is 2.97. The van der Waals surface area contributed by atoms with Gasteiger partial charge >= 0.3 is 5.97 Å². The summed E-state index contributed by atoms with van der Waals surface area (Å²) in [6.45, 7) is 1.68. The number of ketones is 1. The van der Waals surface area contributed by atoms with Gasteiger partial charge in [0.1, 0.15) is 6.04 Å². The van der Waals surface area contributed by atoms with Crippen molar-refractivity contribution in [3.05, 3.63) is 59.2 Å². The normalized spacial score (nSPS) is 24.2. The zero-order valence-electron chi connectivity index (χ0n) is 16.1. The smallest absolute Gasteiger partial charge is 0.330 e. The zero-order chi connectivity index (χ0) is 20.2. The fourth-order valence-corrected chi connectivity index (χ4v) is 6.03. The summed E-state index contributed by atoms with van der Waals surface area (Å²) in [7, 11) is 0. The molecule has 2 atom stereocenters. The molecule has 0 unspecified atom stereocenters. The van der Waals surface area contributed by atoms with Gasteiger partial charge < -0.3 is 9.64 Å². The number of nitrogens with zero attached hydrogens (tertiary/aromatic N) is 1. The van der Waals surface area contributed by atoms with E-state index in [-0.39, 0.29) is 23.2 Å². The van der Waals surface area contributed by atoms with Crippen LogP contribution in [0, 0.1) is 0 Å². The predicted octanol–water partition coefficient (Wildman–Crippen LogP) is 3.44. The Labute approximate surface area is 173 Å². The first-order valence-electron chi connectivity index (χ1n) is 9.83. The van der Waals surface area contributed by atoms with Gasteiger partial charge in [-0.1, -0.05) is 36.4 Å². The fourth-order valence-electron chi connectivity index (χ4n) is 4.61. The van der Waals surface area contributed by atoms with Crippen LogP contribution in [0.3, 0.4) is 0 Å². The summed E-state index contributed by atoms with van der Waals surface area (Å²) in [6, 6.07) is 13.3. The first kappa shape index (κ1) is 18.4. The molecule has 0 bridgehead atoms. The standard InChI is InChI=1S/C23H21NO4S/c1-23-9-8-21(26)24(23)19(13-29-23)22(27)28-12-20(25)16-7-6-15-10-14-4-2-3-5-17(14)18(15)11-16/h2-7,11,19H,8-10,12-13H2,1H3/t19-,23-/m1/s1. The van der Waals surface area contributed by atoms with Crippen molar-refractivity contribution in [2.45, 2.75) is 37.1 Å². The second-order valence-corrected chi connectivity index (χ2v) is 9.50. The third-order valence-electron chi connectivity index (χ3n) is 6.18. The van der Waals surface area contributed by atoms with E-state index in [0.717, 1.165) is 24.0 Å². The van der Waals surface area contributed by atoms with Crippen LogP contribution in [0.25, 0.3) is 11.1 Å². The van der Waals surface area contributed by atoms with Gasteiger partial charge in [-0.2, -0.15) is 0 Å². The number of Topliss-reactive ketones (excluding diaryl/α,β-unsaturated/α-hetero) is 1. The predicted molar refractivity (Wildman–Crippen MR) is 111 cm³/mol. The van der Waals surface area contributed by atoms with Crippen molar-refractivity contribution >= 4 is 29.4 Å². The maximum atomic E-state index is 12.7. The summed E-state index contributed by atoms with van der Waals surface area (Å²) in [5.41, 5.74) is 5.23. The van der Waals surface area contributed by atoms with Crippen molar-refractivity contribution in [3.63, 3.8) is 0 Å². The highest BCUT2D eigenvalue weighted by Crippen LogP contribution is 2.47. The number of carbonyl (C=O) groups excluding carboxylic acids is 3. The molecule has 2 aliphatic heterocycles. The van der Waals surface area contributed by atoms with Crippen LogP contribution in [0.15, 0.2) is 42.5 Å². The molecule has 3 aliphatic rings. The van der Waals surface area contributed by atoms with Crippen LogP contribution < -0.4 is 0 Å². The van der Waals surface area contributed by atoms with Gasteiger partial charge in [0.15, 0.2) is 12.4 Å². The Hall–Kier alpha value is -2.60. The lowest BCUT2D eigenvalue weighted by molar-refractivity contribution is -0.152. The second-order valence-electron chi connectivity index (χ2n) is 8.00. The Morgan fingerprint density at radius 2 is 1.97 bits per heavy atom. The molecule has 29 heavy (non-hydrogen) atoms. The molecule has 2 fully saturated rings. The van der Waals surface area contributed by atoms with Crippen LogP contribution in [-0.2, 0) is 20.7 Å². The fraction of sp³-hybridized carbons (Fsp3) is 0.348. The van der Waals surface area contributed by atoms with E-state index < -0.39 is 12.0 Å². The first-order valence-corrected chi connectivity index (χ1v) is 10.8. The van der Waals surface area contributed by atoms with E-state index in [2.05, 4.69) is 12.1 Å². The SMILES string of the molecule is C[C@@]12CCC(=O)N1[C@@H](C(=O)OCC(=O)c1ccc3c(c1)-c1ccccc1C3)CS2. The molecule has 2 aromatic rings. The van der Waals surface area contributed by atoms with Crippen LogP contribution in [0.4, 0.5) is 0 Å². The number of carbonyl (C=O) groups is 3. The van der Waals surface area contributed by atoms with Gasteiger partial charge in [0.25, 0.3) is 0 Å². The number of benzene rings is 2. The lowest BCUT2D eigenvalue weighted by Crippen LogP contribution is -2.46. The Balaban J connectivity index is 1.28. The number of esters is 1. The molecule has 148 valence electrons. The van der Waals surface area contributed by atoms with Gasteiger partial charge in [0.05, 0.1) is 4.87 Å². The lowest BCUT2D eigenvalue weighted by Gasteiger charge is -2.29. The Kier molecular flexibility index (Phi) is 4.28. The Morgan fingerprint density at radius 3 is 2.83 bits per heavy atom. The van der Waals surface area contributed by atoms with Gasteiger partial charge in [-0.05, 0) is 48.1 Å². The molecule has 0 saturated carbocycles. The molecule has 1 amide bonds. The Bertz CT molecular complexity index is 1050. The van der Waals surface area contributed by atoms with E-state index in [1.54, 1.807) is 22.7 Å². The number of ether oxygens (including phenoxy) is 1. The third-order valence-corrected chi connectivity index (χ3v) is 7.69. The Morgan fingerprint density at radius 1 is 1.17 bits per heavy atom. The highest BCUT2D eigenvalue weighted by Gasteiger charge is 2.53. The van der Waals surface area contributed by atoms with Gasteiger partial charge in [-0.25, -0.2) is 4.79 Å².